The molecule has 2 aliphatic heterocycles. The van der Waals surface area contributed by atoms with Gasteiger partial charge in [-0.05, 0) is 71.4 Å². The lowest BCUT2D eigenvalue weighted by atomic mass is 9.79. The standard InChI is InChI=1S/C25H34N4O5/c1-24(2,3)34-23(33)28-13-12-15(14-25(28,4)5)16-8-7-9-17-20(16)27(6)22(32)29(17)18-10-11-19(30)26-21(18)31/h7-9,15,18H,10-14H2,1-6H3,(H,26,30,31)/t15-,18?/m1/s1. The largest absolute Gasteiger partial charge is 0.444 e. The molecule has 1 unspecified atom stereocenters. The summed E-state index contributed by atoms with van der Waals surface area (Å²) in [6, 6.07) is 5.08. The molecule has 1 N–H and O–H groups in total. The fourth-order valence-electron chi connectivity index (χ4n) is 5.35. The first kappa shape index (κ1) is 24.0. The Hall–Kier alpha value is -3.10. The summed E-state index contributed by atoms with van der Waals surface area (Å²) in [7, 11) is 1.72. The highest BCUT2D eigenvalue weighted by molar-refractivity contribution is 6.00. The van der Waals surface area contributed by atoms with Crippen LogP contribution in [-0.2, 0) is 21.4 Å². The summed E-state index contributed by atoms with van der Waals surface area (Å²) in [6.45, 7) is 10.2. The fourth-order valence-corrected chi connectivity index (χ4v) is 5.35. The normalized spacial score (nSPS) is 23.2. The predicted molar refractivity (Wildman–Crippen MR) is 128 cm³/mol. The van der Waals surface area contributed by atoms with Gasteiger partial charge in [0.15, 0.2) is 0 Å². The van der Waals surface area contributed by atoms with E-state index in [4.69, 9.17) is 4.74 Å². The highest BCUT2D eigenvalue weighted by Crippen LogP contribution is 2.40. The molecule has 0 bridgehead atoms. The second-order valence-electron chi connectivity index (χ2n) is 11.0. The van der Waals surface area contributed by atoms with Gasteiger partial charge in [0.1, 0.15) is 11.6 Å². The van der Waals surface area contributed by atoms with E-state index in [1.54, 1.807) is 16.5 Å². The second-order valence-corrected chi connectivity index (χ2v) is 11.0. The number of likely N-dealkylation sites (tertiary alicyclic amines) is 1. The molecule has 34 heavy (non-hydrogen) atoms. The van der Waals surface area contributed by atoms with Crippen molar-refractivity contribution in [2.45, 2.75) is 83.4 Å². The zero-order valence-corrected chi connectivity index (χ0v) is 20.8. The van der Waals surface area contributed by atoms with Crippen molar-refractivity contribution in [3.05, 3.63) is 34.2 Å². The molecule has 1 aromatic heterocycles. The topological polar surface area (TPSA) is 103 Å². The average molecular weight is 471 g/mol. The molecule has 0 saturated carbocycles. The monoisotopic (exact) mass is 470 g/mol. The fraction of sp³-hybridized carbons (Fsp3) is 0.600. The third kappa shape index (κ3) is 4.23. The molecule has 3 heterocycles. The number of nitrogens with zero attached hydrogens (tertiary/aromatic N) is 3. The lowest BCUT2D eigenvalue weighted by Crippen LogP contribution is -2.53. The number of nitrogens with one attached hydrogen (secondary N) is 1. The van der Waals surface area contributed by atoms with Gasteiger partial charge in [0, 0.05) is 25.6 Å². The van der Waals surface area contributed by atoms with Gasteiger partial charge in [-0.1, -0.05) is 12.1 Å². The molecule has 2 fully saturated rings. The number of carbonyl (C=O) groups excluding carboxylic acids is 3. The van der Waals surface area contributed by atoms with Gasteiger partial charge in [-0.3, -0.25) is 24.0 Å². The van der Waals surface area contributed by atoms with Crippen molar-refractivity contribution in [3.8, 4) is 0 Å². The van der Waals surface area contributed by atoms with Gasteiger partial charge >= 0.3 is 11.8 Å². The van der Waals surface area contributed by atoms with E-state index < -0.39 is 23.1 Å². The number of fused-ring (bicyclic) bond motifs is 1. The Bertz CT molecular complexity index is 1220. The number of carbonyl (C=O) groups is 3. The highest BCUT2D eigenvalue weighted by atomic mass is 16.6. The molecular formula is C25H34N4O5. The Morgan fingerprint density at radius 3 is 2.47 bits per heavy atom. The molecular weight excluding hydrogens is 436 g/mol. The quantitative estimate of drug-likeness (QED) is 0.679. The van der Waals surface area contributed by atoms with Crippen LogP contribution in [0, 0.1) is 0 Å². The van der Waals surface area contributed by atoms with E-state index in [2.05, 4.69) is 5.32 Å². The summed E-state index contributed by atoms with van der Waals surface area (Å²) in [5.41, 5.74) is 1.24. The van der Waals surface area contributed by atoms with E-state index in [1.807, 2.05) is 52.8 Å². The van der Waals surface area contributed by atoms with Crippen LogP contribution < -0.4 is 11.0 Å². The van der Waals surface area contributed by atoms with E-state index >= 15 is 0 Å². The number of benzene rings is 1. The molecule has 2 aliphatic rings. The van der Waals surface area contributed by atoms with Crippen LogP contribution in [0.1, 0.15) is 77.8 Å². The van der Waals surface area contributed by atoms with Gasteiger partial charge in [-0.25, -0.2) is 9.59 Å². The minimum Gasteiger partial charge on any atom is -0.444 e. The summed E-state index contributed by atoms with van der Waals surface area (Å²) in [6.07, 6.45) is 1.64. The van der Waals surface area contributed by atoms with Crippen LogP contribution in [0.25, 0.3) is 11.0 Å². The average Bonchev–Trinajstić information content (AvgIpc) is 2.96. The summed E-state index contributed by atoms with van der Waals surface area (Å²) in [4.78, 5) is 52.0. The number of imide groups is 1. The number of para-hydroxylation sites is 1. The Kier molecular flexibility index (Phi) is 5.86. The van der Waals surface area contributed by atoms with E-state index in [0.717, 1.165) is 17.5 Å². The molecule has 2 aromatic rings. The lowest BCUT2D eigenvalue weighted by molar-refractivity contribution is -0.135. The minimum atomic E-state index is -0.713. The zero-order chi connectivity index (χ0) is 25.0. The maximum atomic E-state index is 13.2. The van der Waals surface area contributed by atoms with Crippen LogP contribution in [0.4, 0.5) is 4.79 Å². The van der Waals surface area contributed by atoms with Crippen LogP contribution in [0.5, 0.6) is 0 Å². The summed E-state index contributed by atoms with van der Waals surface area (Å²) in [5.74, 6) is -0.627. The molecule has 3 amide bonds. The molecule has 9 nitrogen and oxygen atoms in total. The number of aryl methyl sites for hydroxylation is 1. The first-order valence-electron chi connectivity index (χ1n) is 11.8. The van der Waals surface area contributed by atoms with E-state index in [1.165, 1.54) is 4.57 Å². The van der Waals surface area contributed by atoms with Crippen LogP contribution in [0.15, 0.2) is 23.0 Å². The van der Waals surface area contributed by atoms with E-state index in [0.29, 0.717) is 24.9 Å². The predicted octanol–water partition coefficient (Wildman–Crippen LogP) is 3.21. The number of hydrogen-bond acceptors (Lipinski definition) is 5. The Labute approximate surface area is 199 Å². The third-order valence-electron chi connectivity index (χ3n) is 6.89. The Balaban J connectivity index is 1.69. The third-order valence-corrected chi connectivity index (χ3v) is 6.89. The SMILES string of the molecule is Cn1c(=O)n(C2CCC(=O)NC2=O)c2cccc([C@@H]3CCN(C(=O)OC(C)(C)C)C(C)(C)C3)c21. The van der Waals surface area contributed by atoms with Crippen molar-refractivity contribution >= 4 is 28.9 Å². The Morgan fingerprint density at radius 1 is 1.15 bits per heavy atom. The molecule has 9 heteroatoms. The Morgan fingerprint density at radius 2 is 1.85 bits per heavy atom. The molecule has 2 atom stereocenters. The van der Waals surface area contributed by atoms with Crippen molar-refractivity contribution in [1.82, 2.24) is 19.4 Å². The van der Waals surface area contributed by atoms with Gasteiger partial charge in [-0.15, -0.1) is 0 Å². The number of piperidine rings is 2. The van der Waals surface area contributed by atoms with Crippen LogP contribution in [-0.4, -0.2) is 49.6 Å². The molecule has 0 aliphatic carbocycles. The number of amides is 3. The summed E-state index contributed by atoms with van der Waals surface area (Å²) < 4.78 is 8.74. The van der Waals surface area contributed by atoms with Gasteiger partial charge in [0.2, 0.25) is 11.8 Å². The maximum Gasteiger partial charge on any atom is 0.410 e. The number of ether oxygens (including phenoxy) is 1. The number of rotatable bonds is 2. The molecule has 4 rings (SSSR count). The molecule has 0 spiro atoms. The first-order valence-corrected chi connectivity index (χ1v) is 11.8. The molecule has 0 radical (unpaired) electrons. The van der Waals surface area contributed by atoms with Crippen molar-refractivity contribution in [3.63, 3.8) is 0 Å². The zero-order valence-electron chi connectivity index (χ0n) is 20.8. The minimum absolute atomic E-state index is 0.126. The molecule has 1 aromatic carbocycles. The smallest absolute Gasteiger partial charge is 0.410 e. The maximum absolute atomic E-state index is 13.2. The van der Waals surface area contributed by atoms with Crippen LogP contribution >= 0.6 is 0 Å². The van der Waals surface area contributed by atoms with Crippen molar-refractivity contribution in [2.24, 2.45) is 7.05 Å². The van der Waals surface area contributed by atoms with Crippen molar-refractivity contribution in [2.75, 3.05) is 6.54 Å². The van der Waals surface area contributed by atoms with Gasteiger partial charge in [0.25, 0.3) is 0 Å². The summed E-state index contributed by atoms with van der Waals surface area (Å²) in [5, 5.41) is 2.35. The van der Waals surface area contributed by atoms with Crippen molar-refractivity contribution < 1.29 is 19.1 Å². The van der Waals surface area contributed by atoms with E-state index in [-0.39, 0.29) is 30.0 Å². The van der Waals surface area contributed by atoms with Crippen molar-refractivity contribution in [1.29, 1.82) is 0 Å². The van der Waals surface area contributed by atoms with Gasteiger partial charge in [0.05, 0.1) is 11.0 Å². The molecule has 184 valence electrons. The number of imidazole rings is 1. The first-order chi connectivity index (χ1) is 15.8. The van der Waals surface area contributed by atoms with Gasteiger partial charge in [-0.2, -0.15) is 0 Å². The summed E-state index contributed by atoms with van der Waals surface area (Å²) >= 11 is 0. The van der Waals surface area contributed by atoms with Crippen LogP contribution in [0.2, 0.25) is 0 Å². The molecule has 2 saturated heterocycles. The lowest BCUT2D eigenvalue weighted by Gasteiger charge is -2.45. The van der Waals surface area contributed by atoms with E-state index in [9.17, 15) is 19.2 Å². The second kappa shape index (κ2) is 8.29. The van der Waals surface area contributed by atoms with Crippen LogP contribution in [0.3, 0.4) is 0 Å². The number of hydrogen-bond donors (Lipinski definition) is 1. The number of aromatic nitrogens is 2. The van der Waals surface area contributed by atoms with Gasteiger partial charge < -0.3 is 9.64 Å². The highest BCUT2D eigenvalue weighted by Gasteiger charge is 2.41.